The average molecular weight is 343 g/mol. The van der Waals surface area contributed by atoms with Gasteiger partial charge in [0.15, 0.2) is 0 Å². The van der Waals surface area contributed by atoms with Crippen molar-refractivity contribution in [3.63, 3.8) is 0 Å². The van der Waals surface area contributed by atoms with Crippen molar-refractivity contribution in [1.29, 1.82) is 0 Å². The number of alkyl halides is 4. The van der Waals surface area contributed by atoms with Gasteiger partial charge in [0.1, 0.15) is 5.75 Å². The summed E-state index contributed by atoms with van der Waals surface area (Å²) in [5.41, 5.74) is 7.10. The molecule has 0 unspecified atom stereocenters. The maximum Gasteiger partial charge on any atom is 0.461 e. The molecule has 0 radical (unpaired) electrons. The second-order valence-electron chi connectivity index (χ2n) is 5.32. The van der Waals surface area contributed by atoms with Gasteiger partial charge < -0.3 is 15.6 Å². The second kappa shape index (κ2) is 7.63. The van der Waals surface area contributed by atoms with E-state index in [2.05, 4.69) is 4.74 Å². The highest BCUT2D eigenvalue weighted by atomic mass is 19.3. The summed E-state index contributed by atoms with van der Waals surface area (Å²) in [6, 6.07) is 13.3. The fourth-order valence-corrected chi connectivity index (χ4v) is 2.19. The monoisotopic (exact) mass is 343 g/mol. The van der Waals surface area contributed by atoms with Crippen molar-refractivity contribution in [2.45, 2.75) is 31.1 Å². The third-order valence-electron chi connectivity index (χ3n) is 3.45. The first-order valence-corrected chi connectivity index (χ1v) is 7.22. The first kappa shape index (κ1) is 18.2. The largest absolute Gasteiger partial charge is 0.461 e. The third kappa shape index (κ3) is 4.69. The van der Waals surface area contributed by atoms with E-state index in [1.165, 1.54) is 12.1 Å². The molecule has 0 heterocycles. The Morgan fingerprint density at radius 1 is 1.04 bits per heavy atom. The minimum Gasteiger partial charge on any atom is -0.428 e. The van der Waals surface area contributed by atoms with Crippen LogP contribution in [0.5, 0.6) is 5.75 Å². The lowest BCUT2D eigenvalue weighted by molar-refractivity contribution is -0.253. The lowest BCUT2D eigenvalue weighted by Gasteiger charge is -2.21. The Labute approximate surface area is 136 Å². The van der Waals surface area contributed by atoms with Gasteiger partial charge in [-0.25, -0.2) is 0 Å². The van der Waals surface area contributed by atoms with E-state index in [0.717, 1.165) is 17.7 Å². The van der Waals surface area contributed by atoms with Crippen LogP contribution in [-0.4, -0.2) is 23.7 Å². The molecule has 0 amide bonds. The smallest absolute Gasteiger partial charge is 0.428 e. The first-order valence-electron chi connectivity index (χ1n) is 7.22. The van der Waals surface area contributed by atoms with Crippen LogP contribution in [0.1, 0.15) is 17.2 Å². The molecule has 3 nitrogen and oxygen atoms in total. The highest BCUT2D eigenvalue weighted by molar-refractivity contribution is 5.31. The van der Waals surface area contributed by atoms with Gasteiger partial charge in [-0.05, 0) is 23.3 Å². The predicted octanol–water partition coefficient (Wildman–Crippen LogP) is 3.53. The molecule has 0 saturated heterocycles. The number of rotatable bonds is 7. The number of hydrogen-bond donors (Lipinski definition) is 2. The zero-order valence-corrected chi connectivity index (χ0v) is 12.6. The van der Waals surface area contributed by atoms with Crippen molar-refractivity contribution in [1.82, 2.24) is 0 Å². The number of nitrogens with two attached hydrogens (primary N) is 1. The van der Waals surface area contributed by atoms with Crippen LogP contribution in [0.15, 0.2) is 54.6 Å². The molecule has 2 aromatic rings. The molecular weight excluding hydrogens is 326 g/mol. The molecule has 3 N–H and O–H groups in total. The number of hydrogen-bond acceptors (Lipinski definition) is 3. The Morgan fingerprint density at radius 2 is 1.71 bits per heavy atom. The molecule has 24 heavy (non-hydrogen) atoms. The Kier molecular flexibility index (Phi) is 5.80. The Morgan fingerprint density at radius 3 is 2.33 bits per heavy atom. The van der Waals surface area contributed by atoms with Crippen molar-refractivity contribution in [2.24, 2.45) is 5.73 Å². The van der Waals surface area contributed by atoms with Crippen LogP contribution in [0.25, 0.3) is 0 Å². The van der Waals surface area contributed by atoms with Gasteiger partial charge in [-0.15, -0.1) is 0 Å². The lowest BCUT2D eigenvalue weighted by atomic mass is 9.97. The van der Waals surface area contributed by atoms with Crippen LogP contribution in [0, 0.1) is 0 Å². The van der Waals surface area contributed by atoms with Gasteiger partial charge in [0.2, 0.25) is 0 Å². The van der Waals surface area contributed by atoms with Gasteiger partial charge in [-0.2, -0.15) is 17.6 Å². The molecule has 0 aliphatic carbocycles. The van der Waals surface area contributed by atoms with Gasteiger partial charge in [0.25, 0.3) is 0 Å². The Bertz CT molecular complexity index is 652. The van der Waals surface area contributed by atoms with Gasteiger partial charge in [0.05, 0.1) is 12.1 Å². The summed E-state index contributed by atoms with van der Waals surface area (Å²) in [7, 11) is 0. The second-order valence-corrected chi connectivity index (χ2v) is 5.32. The molecule has 7 heteroatoms. The molecule has 0 fully saturated rings. The van der Waals surface area contributed by atoms with Gasteiger partial charge in [-0.3, -0.25) is 0 Å². The van der Waals surface area contributed by atoms with E-state index in [1.54, 1.807) is 0 Å². The average Bonchev–Trinajstić information content (AvgIpc) is 2.54. The van der Waals surface area contributed by atoms with E-state index in [9.17, 15) is 22.7 Å². The standard InChI is InChI=1S/C17H17F4NO2/c18-16(19)17(20,21)24-13-8-4-7-12(10-13)15(22)14(23)9-11-5-2-1-3-6-11/h1-8,10,14-16,23H,9,22H2/t14-,15+/m1/s1. The summed E-state index contributed by atoms with van der Waals surface area (Å²) in [6.45, 7) is 0. The van der Waals surface area contributed by atoms with E-state index in [0.29, 0.717) is 5.56 Å². The summed E-state index contributed by atoms with van der Waals surface area (Å²) in [6.07, 6.45) is -9.25. The van der Waals surface area contributed by atoms with Crippen LogP contribution < -0.4 is 10.5 Å². The third-order valence-corrected chi connectivity index (χ3v) is 3.45. The summed E-state index contributed by atoms with van der Waals surface area (Å²) in [5.74, 6) is -0.444. The fraction of sp³-hybridized carbons (Fsp3) is 0.294. The highest BCUT2D eigenvalue weighted by Gasteiger charge is 2.44. The SMILES string of the molecule is N[C@@H](c1cccc(OC(F)(F)C(F)F)c1)[C@H](O)Cc1ccccc1. The topological polar surface area (TPSA) is 55.5 Å². The number of benzene rings is 2. The normalized spacial score (nSPS) is 14.5. The fourth-order valence-electron chi connectivity index (χ4n) is 2.19. The molecule has 0 spiro atoms. The lowest BCUT2D eigenvalue weighted by Crippen LogP contribution is -2.33. The highest BCUT2D eigenvalue weighted by Crippen LogP contribution is 2.29. The summed E-state index contributed by atoms with van der Waals surface area (Å²) in [5, 5.41) is 10.2. The van der Waals surface area contributed by atoms with E-state index >= 15 is 0 Å². The Balaban J connectivity index is 2.09. The maximum atomic E-state index is 13.0. The van der Waals surface area contributed by atoms with Crippen LogP contribution in [0.4, 0.5) is 17.6 Å². The zero-order valence-electron chi connectivity index (χ0n) is 12.6. The van der Waals surface area contributed by atoms with Crippen molar-refractivity contribution in [2.75, 3.05) is 0 Å². The number of halogens is 4. The summed E-state index contributed by atoms with van der Waals surface area (Å²) in [4.78, 5) is 0. The minimum atomic E-state index is -4.59. The predicted molar refractivity (Wildman–Crippen MR) is 81.1 cm³/mol. The van der Waals surface area contributed by atoms with Gasteiger partial charge in [0, 0.05) is 6.42 Å². The van der Waals surface area contributed by atoms with Crippen molar-refractivity contribution < 1.29 is 27.4 Å². The van der Waals surface area contributed by atoms with E-state index in [4.69, 9.17) is 5.73 Å². The quantitative estimate of drug-likeness (QED) is 0.756. The van der Waals surface area contributed by atoms with Crippen LogP contribution in [-0.2, 0) is 6.42 Å². The zero-order chi connectivity index (χ0) is 17.7. The van der Waals surface area contributed by atoms with Gasteiger partial charge in [-0.1, -0.05) is 42.5 Å². The number of aliphatic hydroxyl groups is 1. The molecule has 0 aliphatic rings. The van der Waals surface area contributed by atoms with Gasteiger partial charge >= 0.3 is 12.5 Å². The van der Waals surface area contributed by atoms with Crippen LogP contribution >= 0.6 is 0 Å². The van der Waals surface area contributed by atoms with Crippen molar-refractivity contribution in [3.8, 4) is 5.75 Å². The molecule has 0 saturated carbocycles. The van der Waals surface area contributed by atoms with Crippen molar-refractivity contribution in [3.05, 3.63) is 65.7 Å². The maximum absolute atomic E-state index is 13.0. The molecule has 0 aromatic heterocycles. The molecule has 130 valence electrons. The first-order chi connectivity index (χ1) is 11.3. The number of aliphatic hydroxyl groups excluding tert-OH is 1. The van der Waals surface area contributed by atoms with E-state index in [1.807, 2.05) is 30.3 Å². The van der Waals surface area contributed by atoms with Crippen molar-refractivity contribution >= 4 is 0 Å². The number of ether oxygens (including phenoxy) is 1. The molecule has 2 aromatic carbocycles. The summed E-state index contributed by atoms with van der Waals surface area (Å²) < 4.78 is 54.3. The van der Waals surface area contributed by atoms with E-state index < -0.39 is 30.4 Å². The minimum absolute atomic E-state index is 0.264. The summed E-state index contributed by atoms with van der Waals surface area (Å²) >= 11 is 0. The van der Waals surface area contributed by atoms with Crippen LogP contribution in [0.2, 0.25) is 0 Å². The van der Waals surface area contributed by atoms with E-state index in [-0.39, 0.29) is 6.42 Å². The molecule has 0 bridgehead atoms. The molecular formula is C17H17F4NO2. The molecule has 2 rings (SSSR count). The Hall–Kier alpha value is -2.12. The van der Waals surface area contributed by atoms with Crippen LogP contribution in [0.3, 0.4) is 0 Å². The molecule has 2 atom stereocenters. The molecule has 0 aliphatic heterocycles.